The summed E-state index contributed by atoms with van der Waals surface area (Å²) >= 11 is 3.22. The minimum atomic E-state index is -0.0779. The Bertz CT molecular complexity index is 715. The molecule has 0 atom stereocenters. The monoisotopic (exact) mass is 346 g/mol. The fourth-order valence-electron chi connectivity index (χ4n) is 2.58. The summed E-state index contributed by atoms with van der Waals surface area (Å²) in [6, 6.07) is 10.7. The maximum Gasteiger partial charge on any atom is 0.254 e. The van der Waals surface area contributed by atoms with Crippen molar-refractivity contribution in [3.63, 3.8) is 0 Å². The van der Waals surface area contributed by atoms with Gasteiger partial charge in [-0.05, 0) is 63.8 Å². The number of aromatic hydroxyl groups is 1. The summed E-state index contributed by atoms with van der Waals surface area (Å²) < 4.78 is 0.579. The van der Waals surface area contributed by atoms with Crippen molar-refractivity contribution in [2.75, 3.05) is 12.3 Å². The summed E-state index contributed by atoms with van der Waals surface area (Å²) in [6.45, 7) is 1.22. The highest BCUT2D eigenvalue weighted by atomic mass is 79.9. The molecule has 3 N–H and O–H groups in total. The fourth-order valence-corrected chi connectivity index (χ4v) is 2.83. The summed E-state index contributed by atoms with van der Waals surface area (Å²) in [5.74, 6) is -0.00613. The number of carbonyl (C=O) groups is 1. The molecule has 1 amide bonds. The van der Waals surface area contributed by atoms with Crippen LogP contribution in [0.4, 0.5) is 5.69 Å². The maximum absolute atomic E-state index is 12.5. The molecule has 108 valence electrons. The molecule has 3 rings (SSSR count). The van der Waals surface area contributed by atoms with E-state index < -0.39 is 0 Å². The second kappa shape index (κ2) is 5.41. The largest absolute Gasteiger partial charge is 0.507 e. The normalized spacial score (nSPS) is 13.9. The number of nitrogens with zero attached hydrogens (tertiary/aromatic N) is 1. The standard InChI is InChI=1S/C16H15BrN2O2/c17-14-4-2-11(8-15(14)20)16(21)19-6-5-10-1-3-13(18)7-12(10)9-19/h1-4,7-8,20H,5-6,9,18H2. The van der Waals surface area contributed by atoms with Crippen LogP contribution in [0.15, 0.2) is 40.9 Å². The Morgan fingerprint density at radius 1 is 1.19 bits per heavy atom. The van der Waals surface area contributed by atoms with Gasteiger partial charge in [0.15, 0.2) is 0 Å². The summed E-state index contributed by atoms with van der Waals surface area (Å²) in [5, 5.41) is 9.71. The number of halogens is 1. The maximum atomic E-state index is 12.5. The number of hydrogen-bond donors (Lipinski definition) is 2. The van der Waals surface area contributed by atoms with E-state index in [1.54, 1.807) is 17.0 Å². The number of anilines is 1. The van der Waals surface area contributed by atoms with Gasteiger partial charge in [-0.25, -0.2) is 0 Å². The molecule has 0 fully saturated rings. The Morgan fingerprint density at radius 3 is 2.76 bits per heavy atom. The molecule has 0 aliphatic carbocycles. The molecule has 2 aromatic rings. The molecule has 1 aliphatic rings. The predicted molar refractivity (Wildman–Crippen MR) is 85.1 cm³/mol. The van der Waals surface area contributed by atoms with Crippen LogP contribution in [0.1, 0.15) is 21.5 Å². The van der Waals surface area contributed by atoms with Gasteiger partial charge in [-0.1, -0.05) is 6.07 Å². The number of amides is 1. The van der Waals surface area contributed by atoms with E-state index in [0.29, 0.717) is 28.8 Å². The third kappa shape index (κ3) is 2.74. The summed E-state index contributed by atoms with van der Waals surface area (Å²) in [4.78, 5) is 14.3. The van der Waals surface area contributed by atoms with Crippen molar-refractivity contribution < 1.29 is 9.90 Å². The van der Waals surface area contributed by atoms with Crippen LogP contribution in [0, 0.1) is 0 Å². The number of fused-ring (bicyclic) bond motifs is 1. The van der Waals surface area contributed by atoms with Crippen molar-refractivity contribution in [2.45, 2.75) is 13.0 Å². The summed E-state index contributed by atoms with van der Waals surface area (Å²) in [7, 11) is 0. The first-order chi connectivity index (χ1) is 10.0. The van der Waals surface area contributed by atoms with Gasteiger partial charge in [0, 0.05) is 24.3 Å². The van der Waals surface area contributed by atoms with Crippen molar-refractivity contribution in [1.29, 1.82) is 0 Å². The molecule has 0 saturated carbocycles. The van der Waals surface area contributed by atoms with Crippen LogP contribution in [0.3, 0.4) is 0 Å². The molecule has 0 radical (unpaired) electrons. The summed E-state index contributed by atoms with van der Waals surface area (Å²) in [5.41, 5.74) is 9.35. The molecule has 4 nitrogen and oxygen atoms in total. The molecule has 0 spiro atoms. The van der Waals surface area contributed by atoms with E-state index in [0.717, 1.165) is 12.0 Å². The molecule has 0 unspecified atom stereocenters. The molecule has 0 aromatic heterocycles. The van der Waals surface area contributed by atoms with E-state index in [-0.39, 0.29) is 11.7 Å². The second-order valence-electron chi connectivity index (χ2n) is 5.17. The van der Waals surface area contributed by atoms with Crippen LogP contribution in [0.2, 0.25) is 0 Å². The second-order valence-corrected chi connectivity index (χ2v) is 6.03. The van der Waals surface area contributed by atoms with Crippen LogP contribution < -0.4 is 5.73 Å². The number of hydrogen-bond acceptors (Lipinski definition) is 3. The van der Waals surface area contributed by atoms with E-state index in [4.69, 9.17) is 5.73 Å². The Morgan fingerprint density at radius 2 is 2.00 bits per heavy atom. The van der Waals surface area contributed by atoms with Crippen molar-refractivity contribution in [2.24, 2.45) is 0 Å². The molecular weight excluding hydrogens is 332 g/mol. The van der Waals surface area contributed by atoms with Crippen molar-refractivity contribution >= 4 is 27.5 Å². The topological polar surface area (TPSA) is 66.6 Å². The highest BCUT2D eigenvalue weighted by Gasteiger charge is 2.22. The van der Waals surface area contributed by atoms with Gasteiger partial charge < -0.3 is 15.7 Å². The predicted octanol–water partition coefficient (Wildman–Crippen LogP) is 2.94. The SMILES string of the molecule is Nc1ccc2c(c1)CN(C(=O)c1ccc(Br)c(O)c1)CC2. The lowest BCUT2D eigenvalue weighted by Gasteiger charge is -2.29. The van der Waals surface area contributed by atoms with Gasteiger partial charge in [-0.2, -0.15) is 0 Å². The highest BCUT2D eigenvalue weighted by molar-refractivity contribution is 9.10. The van der Waals surface area contributed by atoms with Crippen LogP contribution in [0.25, 0.3) is 0 Å². The zero-order valence-corrected chi connectivity index (χ0v) is 12.9. The van der Waals surface area contributed by atoms with E-state index >= 15 is 0 Å². The van der Waals surface area contributed by atoms with Crippen molar-refractivity contribution in [1.82, 2.24) is 4.90 Å². The van der Waals surface area contributed by atoms with E-state index in [1.165, 1.54) is 11.6 Å². The zero-order valence-electron chi connectivity index (χ0n) is 11.3. The van der Waals surface area contributed by atoms with Gasteiger partial charge in [0.2, 0.25) is 0 Å². The van der Waals surface area contributed by atoms with Gasteiger partial charge in [-0.3, -0.25) is 4.79 Å². The molecular formula is C16H15BrN2O2. The quantitative estimate of drug-likeness (QED) is 0.780. The lowest BCUT2D eigenvalue weighted by Crippen LogP contribution is -2.36. The minimum absolute atomic E-state index is 0.0718. The summed E-state index contributed by atoms with van der Waals surface area (Å²) in [6.07, 6.45) is 0.823. The lowest BCUT2D eigenvalue weighted by molar-refractivity contribution is 0.0734. The van der Waals surface area contributed by atoms with Crippen molar-refractivity contribution in [3.8, 4) is 5.75 Å². The Hall–Kier alpha value is -2.01. The van der Waals surface area contributed by atoms with Crippen LogP contribution >= 0.6 is 15.9 Å². The minimum Gasteiger partial charge on any atom is -0.507 e. The molecule has 5 heteroatoms. The average Bonchev–Trinajstić information content (AvgIpc) is 2.48. The third-order valence-corrected chi connectivity index (χ3v) is 4.39. The first-order valence-corrected chi connectivity index (χ1v) is 7.49. The van der Waals surface area contributed by atoms with E-state index in [2.05, 4.69) is 15.9 Å². The number of phenolic OH excluding ortho intramolecular Hbond substituents is 1. The van der Waals surface area contributed by atoms with E-state index in [1.807, 2.05) is 18.2 Å². The molecule has 0 bridgehead atoms. The van der Waals surface area contributed by atoms with Gasteiger partial charge in [0.05, 0.1) is 4.47 Å². The zero-order chi connectivity index (χ0) is 15.0. The third-order valence-electron chi connectivity index (χ3n) is 3.72. The molecule has 21 heavy (non-hydrogen) atoms. The molecule has 1 aliphatic heterocycles. The number of carbonyl (C=O) groups excluding carboxylic acids is 1. The van der Waals surface area contributed by atoms with Gasteiger partial charge in [0.25, 0.3) is 5.91 Å². The van der Waals surface area contributed by atoms with E-state index in [9.17, 15) is 9.90 Å². The molecule has 1 heterocycles. The van der Waals surface area contributed by atoms with Crippen LogP contribution in [0.5, 0.6) is 5.75 Å². The Kier molecular flexibility index (Phi) is 3.59. The fraction of sp³-hybridized carbons (Fsp3) is 0.188. The molecule has 0 saturated heterocycles. The highest BCUT2D eigenvalue weighted by Crippen LogP contribution is 2.27. The lowest BCUT2D eigenvalue weighted by atomic mass is 9.98. The van der Waals surface area contributed by atoms with Gasteiger partial charge in [0.1, 0.15) is 5.75 Å². The number of benzene rings is 2. The first kappa shape index (κ1) is 13.9. The van der Waals surface area contributed by atoms with Crippen LogP contribution in [-0.4, -0.2) is 22.5 Å². The van der Waals surface area contributed by atoms with Gasteiger partial charge in [-0.15, -0.1) is 0 Å². The Labute approximate surface area is 131 Å². The number of phenols is 1. The average molecular weight is 347 g/mol. The Balaban J connectivity index is 1.85. The number of rotatable bonds is 1. The van der Waals surface area contributed by atoms with Gasteiger partial charge >= 0.3 is 0 Å². The first-order valence-electron chi connectivity index (χ1n) is 6.69. The van der Waals surface area contributed by atoms with Crippen molar-refractivity contribution in [3.05, 3.63) is 57.6 Å². The smallest absolute Gasteiger partial charge is 0.254 e. The van der Waals surface area contributed by atoms with Crippen LogP contribution in [-0.2, 0) is 13.0 Å². The molecule has 2 aromatic carbocycles. The number of nitrogens with two attached hydrogens (primary N) is 1. The number of nitrogen functional groups attached to an aromatic ring is 1.